The zero-order valence-electron chi connectivity index (χ0n) is 11.5. The maximum Gasteiger partial charge on any atom is 0.326 e. The molecule has 1 rings (SSSR count). The lowest BCUT2D eigenvalue weighted by Crippen LogP contribution is -2.49. The lowest BCUT2D eigenvalue weighted by atomic mass is 9.87. The first-order valence-corrected chi connectivity index (χ1v) is 7.26. The van der Waals surface area contributed by atoms with Crippen molar-refractivity contribution in [1.82, 2.24) is 5.32 Å². The first-order chi connectivity index (χ1) is 8.75. The Balaban J connectivity index is 2.79. The molecule has 19 heavy (non-hydrogen) atoms. The summed E-state index contributed by atoms with van der Waals surface area (Å²) in [6.07, 6.45) is 1.93. The van der Waals surface area contributed by atoms with E-state index in [0.717, 1.165) is 0 Å². The average molecular weight is 285 g/mol. The van der Waals surface area contributed by atoms with Crippen LogP contribution in [0.15, 0.2) is 16.5 Å². The molecule has 5 nitrogen and oxygen atoms in total. The highest BCUT2D eigenvalue weighted by Gasteiger charge is 2.33. The fourth-order valence-corrected chi connectivity index (χ4v) is 2.01. The van der Waals surface area contributed by atoms with Gasteiger partial charge in [0.05, 0.1) is 5.75 Å². The van der Waals surface area contributed by atoms with Crippen LogP contribution in [0.25, 0.3) is 0 Å². The van der Waals surface area contributed by atoms with Crippen molar-refractivity contribution in [2.75, 3.05) is 6.26 Å². The first-order valence-electron chi connectivity index (χ1n) is 5.87. The quantitative estimate of drug-likeness (QED) is 0.868. The molecule has 106 valence electrons. The topological polar surface area (TPSA) is 79.5 Å². The number of carbonyl (C=O) groups is 2. The summed E-state index contributed by atoms with van der Waals surface area (Å²) < 4.78 is 5.35. The van der Waals surface area contributed by atoms with Gasteiger partial charge in [-0.15, -0.1) is 0 Å². The molecule has 1 aromatic rings. The Hall–Kier alpha value is -1.43. The van der Waals surface area contributed by atoms with Gasteiger partial charge in [-0.3, -0.25) is 4.79 Å². The highest BCUT2D eigenvalue weighted by atomic mass is 32.2. The Morgan fingerprint density at radius 1 is 1.42 bits per heavy atom. The van der Waals surface area contributed by atoms with Crippen LogP contribution in [0.3, 0.4) is 0 Å². The van der Waals surface area contributed by atoms with Crippen molar-refractivity contribution in [2.24, 2.45) is 5.41 Å². The molecule has 1 amide bonds. The normalized spacial score (nSPS) is 13.1. The van der Waals surface area contributed by atoms with E-state index in [1.54, 1.807) is 44.7 Å². The van der Waals surface area contributed by atoms with Crippen LogP contribution in [-0.4, -0.2) is 29.3 Å². The molecule has 0 bridgehead atoms. The van der Waals surface area contributed by atoms with Crippen LogP contribution < -0.4 is 5.32 Å². The van der Waals surface area contributed by atoms with Gasteiger partial charge >= 0.3 is 5.97 Å². The summed E-state index contributed by atoms with van der Waals surface area (Å²) in [5.41, 5.74) is -0.573. The second-order valence-corrected chi connectivity index (χ2v) is 6.18. The number of carboxylic acid groups (broad SMARTS) is 1. The lowest BCUT2D eigenvalue weighted by Gasteiger charge is -2.27. The zero-order chi connectivity index (χ0) is 14.6. The largest absolute Gasteiger partial charge is 0.480 e. The molecular weight excluding hydrogens is 266 g/mol. The Morgan fingerprint density at radius 3 is 2.53 bits per heavy atom. The molecule has 1 atom stereocenters. The Kier molecular flexibility index (Phi) is 5.05. The standard InChI is InChI=1S/C13H19NO4S/c1-13(2,3)10(12(16)17)14-11(15)9-6-5-8(18-9)7-19-4/h5-6,10H,7H2,1-4H3,(H,14,15)(H,16,17)/t10-/m0/s1. The van der Waals surface area contributed by atoms with Gasteiger partial charge in [0.2, 0.25) is 0 Å². The third kappa shape index (κ3) is 4.31. The van der Waals surface area contributed by atoms with Gasteiger partial charge in [-0.1, -0.05) is 20.8 Å². The Labute approximate surface area is 116 Å². The first kappa shape index (κ1) is 15.6. The SMILES string of the molecule is CSCc1ccc(C(=O)N[C@@H](C(=O)O)C(C)(C)C)o1. The molecule has 0 aliphatic rings. The highest BCUT2D eigenvalue weighted by molar-refractivity contribution is 7.97. The van der Waals surface area contributed by atoms with Crippen LogP contribution in [0.2, 0.25) is 0 Å². The van der Waals surface area contributed by atoms with E-state index in [1.807, 2.05) is 6.26 Å². The van der Waals surface area contributed by atoms with E-state index >= 15 is 0 Å². The van der Waals surface area contributed by atoms with Crippen molar-refractivity contribution in [3.05, 3.63) is 23.7 Å². The minimum atomic E-state index is -1.06. The van der Waals surface area contributed by atoms with Crippen molar-refractivity contribution >= 4 is 23.6 Å². The molecule has 0 aliphatic heterocycles. The van der Waals surface area contributed by atoms with E-state index in [4.69, 9.17) is 9.52 Å². The third-order valence-corrected chi connectivity index (χ3v) is 3.13. The molecule has 1 heterocycles. The summed E-state index contributed by atoms with van der Waals surface area (Å²) in [5, 5.41) is 11.6. The Bertz CT molecular complexity index is 461. The van der Waals surface area contributed by atoms with E-state index < -0.39 is 23.3 Å². The van der Waals surface area contributed by atoms with E-state index in [0.29, 0.717) is 11.5 Å². The lowest BCUT2D eigenvalue weighted by molar-refractivity contribution is -0.142. The van der Waals surface area contributed by atoms with Crippen molar-refractivity contribution in [3.63, 3.8) is 0 Å². The molecule has 0 spiro atoms. The van der Waals surface area contributed by atoms with Crippen LogP contribution in [0.1, 0.15) is 37.1 Å². The molecule has 2 N–H and O–H groups in total. The van der Waals surface area contributed by atoms with E-state index in [2.05, 4.69) is 5.32 Å². The molecule has 0 saturated carbocycles. The molecule has 1 aromatic heterocycles. The molecule has 0 aliphatic carbocycles. The number of hydrogen-bond acceptors (Lipinski definition) is 4. The number of aliphatic carboxylic acids is 1. The Morgan fingerprint density at radius 2 is 2.05 bits per heavy atom. The van der Waals surface area contributed by atoms with Gasteiger partial charge in [0, 0.05) is 0 Å². The van der Waals surface area contributed by atoms with Gasteiger partial charge in [0.15, 0.2) is 5.76 Å². The molecule has 0 unspecified atom stereocenters. The van der Waals surface area contributed by atoms with Crippen LogP contribution in [0.4, 0.5) is 0 Å². The summed E-state index contributed by atoms with van der Waals surface area (Å²) in [5.74, 6) is -0.0548. The van der Waals surface area contributed by atoms with Crippen LogP contribution >= 0.6 is 11.8 Å². The predicted octanol–water partition coefficient (Wildman–Crippen LogP) is 2.37. The number of hydrogen-bond donors (Lipinski definition) is 2. The molecule has 0 saturated heterocycles. The molecule has 6 heteroatoms. The summed E-state index contributed by atoms with van der Waals surface area (Å²) >= 11 is 1.58. The van der Waals surface area contributed by atoms with Crippen molar-refractivity contribution in [3.8, 4) is 0 Å². The zero-order valence-corrected chi connectivity index (χ0v) is 12.3. The van der Waals surface area contributed by atoms with Gasteiger partial charge in [0.1, 0.15) is 11.8 Å². The molecule has 0 fully saturated rings. The molecular formula is C13H19NO4S. The summed E-state index contributed by atoms with van der Waals surface area (Å²) in [6, 6.07) is 2.31. The monoisotopic (exact) mass is 285 g/mol. The minimum absolute atomic E-state index is 0.138. The number of furan rings is 1. The van der Waals surface area contributed by atoms with Crippen LogP contribution in [0.5, 0.6) is 0 Å². The smallest absolute Gasteiger partial charge is 0.326 e. The van der Waals surface area contributed by atoms with E-state index in [1.165, 1.54) is 0 Å². The fourth-order valence-electron chi connectivity index (χ4n) is 1.57. The van der Waals surface area contributed by atoms with Gasteiger partial charge in [-0.25, -0.2) is 4.79 Å². The molecule has 0 aromatic carbocycles. The number of thioether (sulfide) groups is 1. The minimum Gasteiger partial charge on any atom is -0.480 e. The van der Waals surface area contributed by atoms with Gasteiger partial charge in [0.25, 0.3) is 5.91 Å². The second kappa shape index (κ2) is 6.14. The third-order valence-electron chi connectivity index (χ3n) is 2.56. The fraction of sp³-hybridized carbons (Fsp3) is 0.538. The van der Waals surface area contributed by atoms with Gasteiger partial charge < -0.3 is 14.8 Å². The van der Waals surface area contributed by atoms with Crippen LogP contribution in [0, 0.1) is 5.41 Å². The number of carbonyl (C=O) groups excluding carboxylic acids is 1. The van der Waals surface area contributed by atoms with Crippen molar-refractivity contribution in [2.45, 2.75) is 32.6 Å². The maximum atomic E-state index is 11.9. The highest BCUT2D eigenvalue weighted by Crippen LogP contribution is 2.20. The second-order valence-electron chi connectivity index (χ2n) is 5.31. The average Bonchev–Trinajstić information content (AvgIpc) is 2.72. The molecule has 0 radical (unpaired) electrons. The summed E-state index contributed by atoms with van der Waals surface area (Å²) in [6.45, 7) is 5.27. The van der Waals surface area contributed by atoms with Crippen molar-refractivity contribution < 1.29 is 19.1 Å². The van der Waals surface area contributed by atoms with E-state index in [-0.39, 0.29) is 5.76 Å². The van der Waals surface area contributed by atoms with E-state index in [9.17, 15) is 9.59 Å². The maximum absolute atomic E-state index is 11.9. The number of carboxylic acids is 1. The summed E-state index contributed by atoms with van der Waals surface area (Å²) in [7, 11) is 0. The predicted molar refractivity (Wildman–Crippen MR) is 74.3 cm³/mol. The van der Waals surface area contributed by atoms with Crippen LogP contribution in [-0.2, 0) is 10.5 Å². The summed E-state index contributed by atoms with van der Waals surface area (Å²) in [4.78, 5) is 23.1. The van der Waals surface area contributed by atoms with Gasteiger partial charge in [-0.05, 0) is 23.8 Å². The van der Waals surface area contributed by atoms with Gasteiger partial charge in [-0.2, -0.15) is 11.8 Å². The number of amides is 1. The number of rotatable bonds is 5. The number of nitrogens with one attached hydrogen (secondary N) is 1. The van der Waals surface area contributed by atoms with Crippen molar-refractivity contribution in [1.29, 1.82) is 0 Å².